The van der Waals surface area contributed by atoms with E-state index in [9.17, 15) is 0 Å². The van der Waals surface area contributed by atoms with E-state index in [1.54, 1.807) is 0 Å². The molecule has 18 rings (SSSR count). The minimum absolute atomic E-state index is 1.14. The van der Waals surface area contributed by atoms with Crippen molar-refractivity contribution in [2.24, 2.45) is 0 Å². The molecule has 16 aromatic rings. The molecule has 0 N–H and O–H groups in total. The summed E-state index contributed by atoms with van der Waals surface area (Å²) in [5, 5.41) is 18.6. The number of benzene rings is 13. The van der Waals surface area contributed by atoms with E-state index in [1.807, 2.05) is 0 Å². The van der Waals surface area contributed by atoms with Gasteiger partial charge in [0.1, 0.15) is 0 Å². The molecule has 1 atom stereocenters. The van der Waals surface area contributed by atoms with Crippen molar-refractivity contribution in [3.63, 3.8) is 0 Å². The molecular formula is C82H60N4Si2. The van der Waals surface area contributed by atoms with Crippen molar-refractivity contribution < 1.29 is 0 Å². The summed E-state index contributed by atoms with van der Waals surface area (Å²) >= 11 is 0. The molecule has 0 aliphatic carbocycles. The Morgan fingerprint density at radius 3 is 0.920 bits per heavy atom. The first-order valence-corrected chi connectivity index (χ1v) is 34.8. The molecule has 416 valence electrons. The van der Waals surface area contributed by atoms with Crippen LogP contribution in [-0.2, 0) is 0 Å². The molecule has 5 heterocycles. The Balaban J connectivity index is 0.925. The van der Waals surface area contributed by atoms with Gasteiger partial charge in [0.05, 0.1) is 33.1 Å². The lowest BCUT2D eigenvalue weighted by Gasteiger charge is -2.52. The molecule has 4 nitrogen and oxygen atoms in total. The van der Waals surface area contributed by atoms with Gasteiger partial charge in [0.15, 0.2) is 16.1 Å². The van der Waals surface area contributed by atoms with E-state index < -0.39 is 16.1 Å². The third-order valence-electron chi connectivity index (χ3n) is 19.7. The summed E-state index contributed by atoms with van der Waals surface area (Å²) in [6.45, 7) is 8.81. The molecule has 0 radical (unpaired) electrons. The normalized spacial score (nSPS) is 14.9. The summed E-state index contributed by atoms with van der Waals surface area (Å²) in [7, 11) is -6.23. The van der Waals surface area contributed by atoms with Gasteiger partial charge in [0, 0.05) is 66.4 Å². The fourth-order valence-corrected chi connectivity index (χ4v) is 26.6. The molecule has 0 saturated heterocycles. The third-order valence-corrected chi connectivity index (χ3v) is 29.4. The Labute approximate surface area is 513 Å². The lowest BCUT2D eigenvalue weighted by atomic mass is 10.1. The Morgan fingerprint density at radius 1 is 0.227 bits per heavy atom. The predicted octanol–water partition coefficient (Wildman–Crippen LogP) is 15.1. The second kappa shape index (κ2) is 19.0. The van der Waals surface area contributed by atoms with Crippen LogP contribution in [0.2, 0.25) is 0 Å². The predicted molar refractivity (Wildman–Crippen MR) is 377 cm³/mol. The van der Waals surface area contributed by atoms with Crippen LogP contribution < -0.4 is 46.4 Å². The minimum atomic E-state index is -3.25. The molecule has 2 aliphatic heterocycles. The van der Waals surface area contributed by atoms with Crippen LogP contribution in [0.3, 0.4) is 0 Å². The van der Waals surface area contributed by atoms with Gasteiger partial charge in [-0.3, -0.25) is 0 Å². The maximum Gasteiger partial charge on any atom is 0.184 e. The van der Waals surface area contributed by atoms with E-state index in [0.29, 0.717) is 0 Å². The standard InChI is InChI=1S/C82H60N4Si2/c1-53-34-40-70-64(46-53)65-47-54(2)35-41-71(65)84(70)58-38-44-74-68(51-58)69-52-59(85-72-42-36-55(3)48-66(72)67-49-56(4)37-43-73(67)85)39-45-75(69)83(74)57-20-18-27-63(50-57)88(62-25-12-7-13-26-62)79-31-17-15-29-77(79)86-76-28-14-16-30-78(76)87(60-21-8-5-9-22-60,61-23-10-6-11-24-61)80-32-19-33-81(88)82(80)86/h5-52H,1-4H3. The fraction of sp³-hybridized carbons (Fsp3) is 0.0488. The maximum atomic E-state index is 2.66. The highest BCUT2D eigenvalue weighted by Crippen LogP contribution is 2.44. The Bertz CT molecular complexity index is 5240. The second-order valence-electron chi connectivity index (χ2n) is 24.7. The second-order valence-corrected chi connectivity index (χ2v) is 32.2. The molecule has 0 saturated carbocycles. The van der Waals surface area contributed by atoms with Crippen molar-refractivity contribution in [1.29, 1.82) is 0 Å². The quantitative estimate of drug-likeness (QED) is 0.145. The van der Waals surface area contributed by atoms with E-state index in [-0.39, 0.29) is 0 Å². The van der Waals surface area contributed by atoms with Gasteiger partial charge in [-0.25, -0.2) is 0 Å². The van der Waals surface area contributed by atoms with Crippen molar-refractivity contribution in [3.05, 3.63) is 313 Å². The Hall–Kier alpha value is -10.5. The first kappa shape index (κ1) is 50.8. The summed E-state index contributed by atoms with van der Waals surface area (Å²) in [5.41, 5.74) is 19.5. The Morgan fingerprint density at radius 2 is 0.523 bits per heavy atom. The van der Waals surface area contributed by atoms with Crippen LogP contribution in [-0.4, -0.2) is 29.8 Å². The largest absolute Gasteiger partial charge is 0.311 e. The first-order chi connectivity index (χ1) is 43.3. The molecular weight excluding hydrogens is 1100 g/mol. The molecule has 3 aromatic heterocycles. The molecule has 2 aliphatic rings. The Kier molecular flexibility index (Phi) is 11.0. The van der Waals surface area contributed by atoms with Gasteiger partial charge in [-0.15, -0.1) is 0 Å². The minimum Gasteiger partial charge on any atom is -0.311 e. The van der Waals surface area contributed by atoms with Crippen molar-refractivity contribution in [2.45, 2.75) is 27.7 Å². The van der Waals surface area contributed by atoms with Gasteiger partial charge in [-0.05, 0) is 178 Å². The summed E-state index contributed by atoms with van der Waals surface area (Å²) in [6, 6.07) is 113. The number of fused-ring (bicyclic) bond motifs is 13. The number of aryl methyl sites for hydroxylation is 4. The highest BCUT2D eigenvalue weighted by Gasteiger charge is 2.56. The number of rotatable bonds is 7. The van der Waals surface area contributed by atoms with Crippen LogP contribution in [0, 0.1) is 27.7 Å². The third kappa shape index (κ3) is 6.95. The van der Waals surface area contributed by atoms with Gasteiger partial charge in [-0.2, -0.15) is 0 Å². The van der Waals surface area contributed by atoms with Gasteiger partial charge < -0.3 is 18.6 Å². The van der Waals surface area contributed by atoms with Gasteiger partial charge in [0.2, 0.25) is 0 Å². The van der Waals surface area contributed by atoms with Crippen molar-refractivity contribution in [2.75, 3.05) is 4.90 Å². The monoisotopic (exact) mass is 1160 g/mol. The number of hydrogen-bond donors (Lipinski definition) is 0. The number of nitrogens with zero attached hydrogens (tertiary/aromatic N) is 4. The number of aromatic nitrogens is 3. The molecule has 0 fully saturated rings. The van der Waals surface area contributed by atoms with Crippen molar-refractivity contribution >= 4 is 140 Å². The van der Waals surface area contributed by atoms with Crippen LogP contribution in [0.25, 0.3) is 82.5 Å². The lowest BCUT2D eigenvalue weighted by Crippen LogP contribution is -2.82. The zero-order chi connectivity index (χ0) is 58.6. The first-order valence-electron chi connectivity index (χ1n) is 30.8. The average molecular weight is 1160 g/mol. The maximum absolute atomic E-state index is 3.25. The summed E-state index contributed by atoms with van der Waals surface area (Å²) < 4.78 is 7.53. The summed E-state index contributed by atoms with van der Waals surface area (Å²) in [5.74, 6) is 0. The summed E-state index contributed by atoms with van der Waals surface area (Å²) in [6.07, 6.45) is 0. The topological polar surface area (TPSA) is 18.0 Å². The SMILES string of the molecule is Cc1ccc2c(c1)c1cc(C)ccc1n2-c1ccc2c(c1)c1cc(-n3c4ccc(C)cc4c4cc(C)ccc43)ccc1n2-c1cccc([Si]2(c3ccccc3)c3ccccc3N3c4ccccc4[Si](c4ccccc4)(c4ccccc4)c4cccc2c43)c1. The van der Waals surface area contributed by atoms with E-state index in [1.165, 1.54) is 135 Å². The van der Waals surface area contributed by atoms with Crippen LogP contribution >= 0.6 is 0 Å². The van der Waals surface area contributed by atoms with Crippen LogP contribution in [0.4, 0.5) is 17.1 Å². The van der Waals surface area contributed by atoms with E-state index in [2.05, 4.69) is 337 Å². The molecule has 88 heavy (non-hydrogen) atoms. The molecule has 0 bridgehead atoms. The number of anilines is 3. The lowest BCUT2D eigenvalue weighted by molar-refractivity contribution is 1.16. The van der Waals surface area contributed by atoms with Crippen LogP contribution in [0.15, 0.2) is 291 Å². The zero-order valence-corrected chi connectivity index (χ0v) is 51.5. The molecule has 0 spiro atoms. The average Bonchev–Trinajstić information content (AvgIpc) is 0.732. The molecule has 13 aromatic carbocycles. The number of hydrogen-bond acceptors (Lipinski definition) is 1. The molecule has 0 amide bonds. The summed E-state index contributed by atoms with van der Waals surface area (Å²) in [4.78, 5) is 2.66. The van der Waals surface area contributed by atoms with E-state index in [4.69, 9.17) is 0 Å². The van der Waals surface area contributed by atoms with Gasteiger partial charge in [-0.1, -0.05) is 204 Å². The van der Waals surface area contributed by atoms with Crippen molar-refractivity contribution in [1.82, 2.24) is 13.7 Å². The zero-order valence-electron chi connectivity index (χ0n) is 49.5. The number of para-hydroxylation sites is 3. The van der Waals surface area contributed by atoms with Crippen LogP contribution in [0.5, 0.6) is 0 Å². The smallest absolute Gasteiger partial charge is 0.184 e. The highest BCUT2D eigenvalue weighted by molar-refractivity contribution is 7.24. The van der Waals surface area contributed by atoms with E-state index >= 15 is 0 Å². The van der Waals surface area contributed by atoms with Gasteiger partial charge >= 0.3 is 0 Å². The van der Waals surface area contributed by atoms with Crippen LogP contribution in [0.1, 0.15) is 22.3 Å². The molecule has 1 unspecified atom stereocenters. The molecule has 6 heteroatoms. The van der Waals surface area contributed by atoms with Crippen molar-refractivity contribution in [3.8, 4) is 17.1 Å². The highest BCUT2D eigenvalue weighted by atomic mass is 28.3. The van der Waals surface area contributed by atoms with Gasteiger partial charge in [0.25, 0.3) is 0 Å². The van der Waals surface area contributed by atoms with E-state index in [0.717, 1.165) is 28.1 Å². The fourth-order valence-electron chi connectivity index (χ4n) is 16.2.